The second-order valence-corrected chi connectivity index (χ2v) is 7.53. The van der Waals surface area contributed by atoms with Crippen LogP contribution >= 0.6 is 0 Å². The zero-order valence-electron chi connectivity index (χ0n) is 18.5. The van der Waals surface area contributed by atoms with Gasteiger partial charge in [-0.3, -0.25) is 19.4 Å². The predicted molar refractivity (Wildman–Crippen MR) is 115 cm³/mol. The molecule has 0 saturated carbocycles. The van der Waals surface area contributed by atoms with Gasteiger partial charge in [-0.05, 0) is 33.0 Å². The minimum Gasteiger partial charge on any atom is -0.496 e. The number of benzene rings is 1. The van der Waals surface area contributed by atoms with Crippen molar-refractivity contribution in [3.63, 3.8) is 0 Å². The third-order valence-corrected chi connectivity index (χ3v) is 5.81. The van der Waals surface area contributed by atoms with Gasteiger partial charge in [0, 0.05) is 31.7 Å². The Kier molecular flexibility index (Phi) is 8.92. The molecular weight excluding hydrogens is 368 g/mol. The van der Waals surface area contributed by atoms with E-state index in [0.29, 0.717) is 32.7 Å². The van der Waals surface area contributed by atoms with Crippen LogP contribution in [0.5, 0.6) is 5.75 Å². The van der Waals surface area contributed by atoms with Gasteiger partial charge < -0.3 is 15.0 Å². The number of hydrogen-bond acceptors (Lipinski definition) is 5. The molecule has 0 aliphatic carbocycles. The van der Waals surface area contributed by atoms with Crippen molar-refractivity contribution in [3.05, 3.63) is 29.8 Å². The molecule has 0 spiro atoms. The first kappa shape index (κ1) is 23.2. The predicted octanol–water partition coefficient (Wildman–Crippen LogP) is 1.75. The van der Waals surface area contributed by atoms with E-state index < -0.39 is 0 Å². The van der Waals surface area contributed by atoms with E-state index in [1.54, 1.807) is 7.11 Å². The third-order valence-electron chi connectivity index (χ3n) is 5.81. The molecule has 0 radical (unpaired) electrons. The Morgan fingerprint density at radius 3 is 2.31 bits per heavy atom. The quantitative estimate of drug-likeness (QED) is 0.679. The molecule has 162 valence electrons. The molecule has 1 aliphatic heterocycles. The Hall–Kier alpha value is -2.12. The molecule has 29 heavy (non-hydrogen) atoms. The van der Waals surface area contributed by atoms with Crippen molar-refractivity contribution < 1.29 is 14.3 Å². The lowest BCUT2D eigenvalue weighted by Crippen LogP contribution is -2.56. The third kappa shape index (κ3) is 6.18. The molecule has 2 rings (SSSR count). The summed E-state index contributed by atoms with van der Waals surface area (Å²) in [6.07, 6.45) is 0. The van der Waals surface area contributed by atoms with Crippen molar-refractivity contribution in [1.29, 1.82) is 0 Å². The monoisotopic (exact) mass is 404 g/mol. The Bertz CT molecular complexity index is 670. The lowest BCUT2D eigenvalue weighted by atomic mass is 10.1. The van der Waals surface area contributed by atoms with E-state index in [4.69, 9.17) is 4.74 Å². The summed E-state index contributed by atoms with van der Waals surface area (Å²) in [5.41, 5.74) is 0.961. The Balaban J connectivity index is 1.86. The summed E-state index contributed by atoms with van der Waals surface area (Å²) < 4.78 is 5.40. The molecule has 1 aliphatic rings. The van der Waals surface area contributed by atoms with Crippen LogP contribution in [0, 0.1) is 0 Å². The Labute approximate surface area is 175 Å². The molecule has 1 aromatic carbocycles. The molecule has 2 amide bonds. The van der Waals surface area contributed by atoms with Crippen LogP contribution in [0.2, 0.25) is 0 Å². The first-order valence-corrected chi connectivity index (χ1v) is 10.6. The van der Waals surface area contributed by atoms with Crippen molar-refractivity contribution in [2.45, 2.75) is 39.8 Å². The SMILES string of the molecule is CCN(CC)CC(=O)N1CCN(C(C)C(=O)NC(C)c2ccccc2OC)CC1. The fourth-order valence-corrected chi connectivity index (χ4v) is 3.70. The van der Waals surface area contributed by atoms with Crippen LogP contribution in [0.3, 0.4) is 0 Å². The van der Waals surface area contributed by atoms with Crippen LogP contribution in [0.25, 0.3) is 0 Å². The van der Waals surface area contributed by atoms with Crippen molar-refractivity contribution in [2.24, 2.45) is 0 Å². The highest BCUT2D eigenvalue weighted by Crippen LogP contribution is 2.24. The summed E-state index contributed by atoms with van der Waals surface area (Å²) >= 11 is 0. The molecule has 7 heteroatoms. The first-order valence-electron chi connectivity index (χ1n) is 10.6. The zero-order chi connectivity index (χ0) is 21.4. The molecule has 2 atom stereocenters. The highest BCUT2D eigenvalue weighted by atomic mass is 16.5. The van der Waals surface area contributed by atoms with Gasteiger partial charge in [0.1, 0.15) is 5.75 Å². The summed E-state index contributed by atoms with van der Waals surface area (Å²) in [4.78, 5) is 31.4. The minimum atomic E-state index is -0.243. The fourth-order valence-electron chi connectivity index (χ4n) is 3.70. The summed E-state index contributed by atoms with van der Waals surface area (Å²) in [7, 11) is 1.64. The minimum absolute atomic E-state index is 0.00803. The zero-order valence-corrected chi connectivity index (χ0v) is 18.5. The van der Waals surface area contributed by atoms with Crippen LogP contribution < -0.4 is 10.1 Å². The number of amides is 2. The highest BCUT2D eigenvalue weighted by Gasteiger charge is 2.28. The van der Waals surface area contributed by atoms with E-state index in [-0.39, 0.29) is 23.9 Å². The summed E-state index contributed by atoms with van der Waals surface area (Å²) in [5, 5.41) is 3.10. The molecule has 1 heterocycles. The molecule has 7 nitrogen and oxygen atoms in total. The van der Waals surface area contributed by atoms with Crippen LogP contribution in [-0.2, 0) is 9.59 Å². The van der Waals surface area contributed by atoms with Gasteiger partial charge in [0.05, 0.1) is 25.7 Å². The lowest BCUT2D eigenvalue weighted by Gasteiger charge is -2.38. The lowest BCUT2D eigenvalue weighted by molar-refractivity contribution is -0.135. The molecule has 0 bridgehead atoms. The second kappa shape index (κ2) is 11.2. The van der Waals surface area contributed by atoms with Gasteiger partial charge in [-0.2, -0.15) is 0 Å². The molecule has 1 fully saturated rings. The van der Waals surface area contributed by atoms with E-state index in [0.717, 1.165) is 24.4 Å². The van der Waals surface area contributed by atoms with Crippen LogP contribution in [0.4, 0.5) is 0 Å². The normalized spacial score (nSPS) is 17.1. The standard InChI is InChI=1S/C22H36N4O3/c1-6-24(7-2)16-21(27)26-14-12-25(13-15-26)18(4)22(28)23-17(3)19-10-8-9-11-20(19)29-5/h8-11,17-18H,6-7,12-16H2,1-5H3,(H,23,28). The van der Waals surface area contributed by atoms with Crippen LogP contribution in [0.1, 0.15) is 39.3 Å². The van der Waals surface area contributed by atoms with E-state index in [9.17, 15) is 9.59 Å². The second-order valence-electron chi connectivity index (χ2n) is 7.53. The molecule has 1 N–H and O–H groups in total. The first-order chi connectivity index (χ1) is 13.9. The van der Waals surface area contributed by atoms with E-state index in [1.807, 2.05) is 43.0 Å². The van der Waals surface area contributed by atoms with Gasteiger partial charge in [-0.15, -0.1) is 0 Å². The summed E-state index contributed by atoms with van der Waals surface area (Å²) in [6.45, 7) is 13.0. The van der Waals surface area contributed by atoms with Crippen molar-refractivity contribution >= 4 is 11.8 Å². The Morgan fingerprint density at radius 1 is 1.10 bits per heavy atom. The van der Waals surface area contributed by atoms with Crippen molar-refractivity contribution in [1.82, 2.24) is 20.0 Å². The van der Waals surface area contributed by atoms with Gasteiger partial charge in [-0.25, -0.2) is 0 Å². The maximum atomic E-state index is 12.8. The number of para-hydroxylation sites is 1. The number of methoxy groups -OCH3 is 1. The number of hydrogen-bond donors (Lipinski definition) is 1. The fraction of sp³-hybridized carbons (Fsp3) is 0.636. The molecular formula is C22H36N4O3. The topological polar surface area (TPSA) is 65.1 Å². The van der Waals surface area contributed by atoms with Gasteiger partial charge in [0.2, 0.25) is 11.8 Å². The van der Waals surface area contributed by atoms with Gasteiger partial charge in [0.15, 0.2) is 0 Å². The molecule has 1 saturated heterocycles. The average Bonchev–Trinajstić information content (AvgIpc) is 2.76. The summed E-state index contributed by atoms with van der Waals surface area (Å²) in [6, 6.07) is 7.34. The maximum absolute atomic E-state index is 12.8. The number of nitrogens with zero attached hydrogens (tertiary/aromatic N) is 3. The van der Waals surface area contributed by atoms with Crippen LogP contribution in [0.15, 0.2) is 24.3 Å². The van der Waals surface area contributed by atoms with E-state index >= 15 is 0 Å². The summed E-state index contributed by atoms with van der Waals surface area (Å²) in [5.74, 6) is 0.940. The maximum Gasteiger partial charge on any atom is 0.237 e. The van der Waals surface area contributed by atoms with E-state index in [2.05, 4.69) is 29.0 Å². The number of rotatable bonds is 9. The van der Waals surface area contributed by atoms with Crippen LogP contribution in [-0.4, -0.2) is 85.5 Å². The smallest absolute Gasteiger partial charge is 0.237 e. The largest absolute Gasteiger partial charge is 0.496 e. The molecule has 1 aromatic rings. The number of ether oxygens (including phenoxy) is 1. The number of nitrogens with one attached hydrogen (secondary N) is 1. The highest BCUT2D eigenvalue weighted by molar-refractivity contribution is 5.82. The number of piperazine rings is 1. The van der Waals surface area contributed by atoms with Crippen molar-refractivity contribution in [3.8, 4) is 5.75 Å². The van der Waals surface area contributed by atoms with E-state index in [1.165, 1.54) is 0 Å². The van der Waals surface area contributed by atoms with Crippen molar-refractivity contribution in [2.75, 3.05) is 52.9 Å². The number of likely N-dealkylation sites (N-methyl/N-ethyl adjacent to an activating group) is 1. The number of carbonyl (C=O) groups excluding carboxylic acids is 2. The van der Waals surface area contributed by atoms with Gasteiger partial charge >= 0.3 is 0 Å². The van der Waals surface area contributed by atoms with Gasteiger partial charge in [0.25, 0.3) is 0 Å². The van der Waals surface area contributed by atoms with Gasteiger partial charge in [-0.1, -0.05) is 32.0 Å². The molecule has 0 aromatic heterocycles. The molecule has 2 unspecified atom stereocenters. The number of carbonyl (C=O) groups is 2. The Morgan fingerprint density at radius 2 is 1.72 bits per heavy atom. The average molecular weight is 405 g/mol.